The summed E-state index contributed by atoms with van der Waals surface area (Å²) in [6, 6.07) is 0.446. The number of hydrogen-bond donors (Lipinski definition) is 0. The Hall–Kier alpha value is -0.940. The lowest BCUT2D eigenvalue weighted by molar-refractivity contribution is 0.115. The molecule has 96 valence electrons. The lowest BCUT2D eigenvalue weighted by Gasteiger charge is -2.24. The number of nitrogens with zero attached hydrogens (tertiary/aromatic N) is 3. The van der Waals surface area contributed by atoms with Gasteiger partial charge < -0.3 is 9.26 Å². The van der Waals surface area contributed by atoms with Crippen LogP contribution in [-0.4, -0.2) is 41.3 Å². The smallest absolute Gasteiger partial charge is 0.240 e. The molecule has 1 aromatic rings. The predicted octanol–water partition coefficient (Wildman–Crippen LogP) is 1.80. The Kier molecular flexibility index (Phi) is 4.12. The number of rotatable bonds is 7. The molecule has 0 N–H and O–H groups in total. The van der Waals surface area contributed by atoms with E-state index in [0.29, 0.717) is 18.5 Å². The van der Waals surface area contributed by atoms with Gasteiger partial charge in [-0.25, -0.2) is 0 Å². The Morgan fingerprint density at radius 1 is 1.47 bits per heavy atom. The third-order valence-electron chi connectivity index (χ3n) is 3.08. The van der Waals surface area contributed by atoms with Gasteiger partial charge in [-0.3, -0.25) is 4.90 Å². The van der Waals surface area contributed by atoms with Gasteiger partial charge in [-0.2, -0.15) is 4.98 Å². The molecule has 0 aliphatic heterocycles. The van der Waals surface area contributed by atoms with Crippen molar-refractivity contribution in [1.82, 2.24) is 15.0 Å². The molecule has 0 saturated heterocycles. The van der Waals surface area contributed by atoms with E-state index in [1.165, 1.54) is 12.8 Å². The quantitative estimate of drug-likeness (QED) is 0.726. The van der Waals surface area contributed by atoms with Crippen LogP contribution >= 0.6 is 0 Å². The van der Waals surface area contributed by atoms with Crippen molar-refractivity contribution in [2.24, 2.45) is 0 Å². The fraction of sp³-hybridized carbons (Fsp3) is 0.833. The Balaban J connectivity index is 1.90. The molecule has 17 heavy (non-hydrogen) atoms. The average molecular weight is 239 g/mol. The van der Waals surface area contributed by atoms with Crippen LogP contribution in [0.2, 0.25) is 0 Å². The molecule has 5 nitrogen and oxygen atoms in total. The van der Waals surface area contributed by atoms with Gasteiger partial charge >= 0.3 is 0 Å². The maximum atomic E-state index is 5.28. The van der Waals surface area contributed by atoms with Crippen LogP contribution in [0.3, 0.4) is 0 Å². The van der Waals surface area contributed by atoms with Crippen LogP contribution in [0.25, 0.3) is 0 Å². The largest absolute Gasteiger partial charge is 0.383 e. The van der Waals surface area contributed by atoms with Crippen LogP contribution in [0.5, 0.6) is 0 Å². The first-order valence-corrected chi connectivity index (χ1v) is 6.26. The van der Waals surface area contributed by atoms with E-state index in [0.717, 1.165) is 24.9 Å². The summed E-state index contributed by atoms with van der Waals surface area (Å²) < 4.78 is 10.4. The second-order valence-electron chi connectivity index (χ2n) is 4.88. The molecule has 0 atom stereocenters. The molecule has 0 aromatic carbocycles. The van der Waals surface area contributed by atoms with E-state index in [9.17, 15) is 0 Å². The lowest BCUT2D eigenvalue weighted by Crippen LogP contribution is -2.33. The number of methoxy groups -OCH3 is 1. The first-order chi connectivity index (χ1) is 8.20. The second kappa shape index (κ2) is 5.60. The van der Waals surface area contributed by atoms with Gasteiger partial charge in [-0.1, -0.05) is 5.16 Å². The highest BCUT2D eigenvalue weighted by molar-refractivity contribution is 5.03. The topological polar surface area (TPSA) is 51.4 Å². The third-order valence-corrected chi connectivity index (χ3v) is 3.08. The molecule has 0 radical (unpaired) electrons. The SMILES string of the molecule is COCCN(Cc1nc(C2CC2)no1)C(C)C. The van der Waals surface area contributed by atoms with Gasteiger partial charge in [0.15, 0.2) is 5.82 Å². The molecule has 1 saturated carbocycles. The van der Waals surface area contributed by atoms with E-state index in [-0.39, 0.29) is 0 Å². The van der Waals surface area contributed by atoms with Crippen LogP contribution < -0.4 is 0 Å². The highest BCUT2D eigenvalue weighted by atomic mass is 16.5. The summed E-state index contributed by atoms with van der Waals surface area (Å²) in [5, 5.41) is 4.03. The van der Waals surface area contributed by atoms with E-state index >= 15 is 0 Å². The normalized spacial score (nSPS) is 16.1. The summed E-state index contributed by atoms with van der Waals surface area (Å²) in [6.07, 6.45) is 2.41. The molecular weight excluding hydrogens is 218 g/mol. The summed E-state index contributed by atoms with van der Waals surface area (Å²) in [7, 11) is 1.72. The Morgan fingerprint density at radius 3 is 2.82 bits per heavy atom. The number of hydrogen-bond acceptors (Lipinski definition) is 5. The van der Waals surface area contributed by atoms with Gasteiger partial charge in [0.25, 0.3) is 0 Å². The summed E-state index contributed by atoms with van der Waals surface area (Å²) >= 11 is 0. The maximum Gasteiger partial charge on any atom is 0.240 e. The molecule has 5 heteroatoms. The van der Waals surface area contributed by atoms with Crippen molar-refractivity contribution in [3.8, 4) is 0 Å². The molecule has 1 aliphatic carbocycles. The zero-order valence-corrected chi connectivity index (χ0v) is 10.8. The molecule has 1 heterocycles. The molecule has 1 aliphatic rings. The molecule has 2 rings (SSSR count). The molecule has 0 spiro atoms. The fourth-order valence-electron chi connectivity index (χ4n) is 1.74. The highest BCUT2D eigenvalue weighted by Gasteiger charge is 2.29. The van der Waals surface area contributed by atoms with Crippen molar-refractivity contribution in [3.63, 3.8) is 0 Å². The predicted molar refractivity (Wildman–Crippen MR) is 63.7 cm³/mol. The zero-order chi connectivity index (χ0) is 12.3. The van der Waals surface area contributed by atoms with Crippen molar-refractivity contribution in [2.45, 2.75) is 45.2 Å². The van der Waals surface area contributed by atoms with E-state index < -0.39 is 0 Å². The zero-order valence-electron chi connectivity index (χ0n) is 10.8. The minimum atomic E-state index is 0.446. The van der Waals surface area contributed by atoms with Crippen LogP contribution in [0.15, 0.2) is 4.52 Å². The molecular formula is C12H21N3O2. The summed E-state index contributed by atoms with van der Waals surface area (Å²) in [4.78, 5) is 6.71. The molecule has 0 bridgehead atoms. The Morgan fingerprint density at radius 2 is 2.24 bits per heavy atom. The highest BCUT2D eigenvalue weighted by Crippen LogP contribution is 2.38. The summed E-state index contributed by atoms with van der Waals surface area (Å²) in [5.74, 6) is 2.16. The Bertz CT molecular complexity index is 347. The second-order valence-corrected chi connectivity index (χ2v) is 4.88. The first kappa shape index (κ1) is 12.5. The summed E-state index contributed by atoms with van der Waals surface area (Å²) in [6.45, 7) is 6.64. The van der Waals surface area contributed by atoms with Crippen molar-refractivity contribution >= 4 is 0 Å². The van der Waals surface area contributed by atoms with E-state index in [4.69, 9.17) is 9.26 Å². The van der Waals surface area contributed by atoms with Crippen LogP contribution in [0.1, 0.15) is 44.3 Å². The monoisotopic (exact) mass is 239 g/mol. The van der Waals surface area contributed by atoms with Gasteiger partial charge in [0, 0.05) is 25.6 Å². The minimum Gasteiger partial charge on any atom is -0.383 e. The maximum absolute atomic E-state index is 5.28. The minimum absolute atomic E-state index is 0.446. The van der Waals surface area contributed by atoms with Crippen molar-refractivity contribution in [2.75, 3.05) is 20.3 Å². The molecule has 1 fully saturated rings. The average Bonchev–Trinajstić information content (AvgIpc) is 3.05. The van der Waals surface area contributed by atoms with E-state index in [1.54, 1.807) is 7.11 Å². The van der Waals surface area contributed by atoms with Gasteiger partial charge in [0.05, 0.1) is 13.2 Å². The van der Waals surface area contributed by atoms with Crippen molar-refractivity contribution in [3.05, 3.63) is 11.7 Å². The van der Waals surface area contributed by atoms with Gasteiger partial charge in [-0.05, 0) is 26.7 Å². The molecule has 1 aromatic heterocycles. The standard InChI is InChI=1S/C12H21N3O2/c1-9(2)15(6-7-16-3)8-11-13-12(14-17-11)10-4-5-10/h9-10H,4-8H2,1-3H3. The molecule has 0 amide bonds. The van der Waals surface area contributed by atoms with E-state index in [2.05, 4.69) is 28.9 Å². The number of aromatic nitrogens is 2. The van der Waals surface area contributed by atoms with Gasteiger partial charge in [0.2, 0.25) is 5.89 Å². The van der Waals surface area contributed by atoms with Crippen molar-refractivity contribution in [1.29, 1.82) is 0 Å². The summed E-state index contributed by atoms with van der Waals surface area (Å²) in [5.41, 5.74) is 0. The van der Waals surface area contributed by atoms with Gasteiger partial charge in [-0.15, -0.1) is 0 Å². The number of ether oxygens (including phenoxy) is 1. The van der Waals surface area contributed by atoms with Crippen molar-refractivity contribution < 1.29 is 9.26 Å². The van der Waals surface area contributed by atoms with Crippen LogP contribution in [0.4, 0.5) is 0 Å². The Labute approximate surface area is 102 Å². The third kappa shape index (κ3) is 3.51. The first-order valence-electron chi connectivity index (χ1n) is 6.26. The fourth-order valence-corrected chi connectivity index (χ4v) is 1.74. The van der Waals surface area contributed by atoms with Crippen LogP contribution in [0, 0.1) is 0 Å². The molecule has 0 unspecified atom stereocenters. The van der Waals surface area contributed by atoms with Gasteiger partial charge in [0.1, 0.15) is 0 Å². The van der Waals surface area contributed by atoms with E-state index in [1.807, 2.05) is 0 Å². The lowest BCUT2D eigenvalue weighted by atomic mass is 10.3. The van der Waals surface area contributed by atoms with Crippen LogP contribution in [-0.2, 0) is 11.3 Å².